The van der Waals surface area contributed by atoms with Crippen LogP contribution in [0.3, 0.4) is 0 Å². The van der Waals surface area contributed by atoms with Crippen LogP contribution in [-0.4, -0.2) is 14.5 Å². The fourth-order valence-corrected chi connectivity index (χ4v) is 7.70. The SMILES string of the molecule is [C-]#[N+]c1ccc(-c2cc(-c3nc(-c4ccccc4)cc(-c4ccccc4)n3)cc(-c3ccc(C#N)cc3C#N)c2-n2c3ccccc3c3cc(C)ccc32)c(C#N)c1. The van der Waals surface area contributed by atoms with Crippen LogP contribution in [0.1, 0.15) is 22.3 Å². The van der Waals surface area contributed by atoms with Crippen LogP contribution in [0, 0.1) is 47.5 Å². The maximum absolute atomic E-state index is 10.7. The molecule has 0 saturated heterocycles. The van der Waals surface area contributed by atoms with Gasteiger partial charge in [0.2, 0.25) is 0 Å². The Hall–Kier alpha value is -8.62. The normalized spacial score (nSPS) is 10.8. The Balaban J connectivity index is 1.48. The van der Waals surface area contributed by atoms with Crippen LogP contribution in [0.15, 0.2) is 158 Å². The number of aryl methyl sites for hydroxylation is 1. The molecule has 0 radical (unpaired) electrons. The Labute approximate surface area is 335 Å². The van der Waals surface area contributed by atoms with E-state index in [1.165, 1.54) is 0 Å². The zero-order valence-electron chi connectivity index (χ0n) is 31.1. The molecule has 0 atom stereocenters. The van der Waals surface area contributed by atoms with Crippen LogP contribution in [-0.2, 0) is 0 Å². The lowest BCUT2D eigenvalue weighted by molar-refractivity contribution is 1.16. The molecular weight excluding hydrogens is 711 g/mol. The summed E-state index contributed by atoms with van der Waals surface area (Å²) < 4.78 is 2.19. The second-order valence-electron chi connectivity index (χ2n) is 13.9. The first-order chi connectivity index (χ1) is 28.5. The predicted octanol–water partition coefficient (Wildman–Crippen LogP) is 12.4. The third-order valence-electron chi connectivity index (χ3n) is 10.4. The molecule has 0 N–H and O–H groups in total. The highest BCUT2D eigenvalue weighted by Gasteiger charge is 2.25. The molecule has 0 fully saturated rings. The van der Waals surface area contributed by atoms with Crippen molar-refractivity contribution in [1.82, 2.24) is 14.5 Å². The van der Waals surface area contributed by atoms with Gasteiger partial charge in [-0.25, -0.2) is 14.8 Å². The molecule has 7 heteroatoms. The molecule has 7 aromatic carbocycles. The molecule has 268 valence electrons. The molecule has 2 aromatic heterocycles. The molecule has 0 unspecified atom stereocenters. The number of rotatable bonds is 6. The van der Waals surface area contributed by atoms with Crippen molar-refractivity contribution in [2.45, 2.75) is 6.92 Å². The topological polar surface area (TPSA) is 106 Å². The van der Waals surface area contributed by atoms with E-state index in [2.05, 4.69) is 64.9 Å². The van der Waals surface area contributed by atoms with Crippen LogP contribution in [0.5, 0.6) is 0 Å². The van der Waals surface area contributed by atoms with Gasteiger partial charge in [0.15, 0.2) is 11.5 Å². The lowest BCUT2D eigenvalue weighted by Gasteiger charge is -2.22. The van der Waals surface area contributed by atoms with Crippen molar-refractivity contribution in [3.05, 3.63) is 191 Å². The van der Waals surface area contributed by atoms with Crippen molar-refractivity contribution in [2.75, 3.05) is 0 Å². The summed E-state index contributed by atoms with van der Waals surface area (Å²) in [6.07, 6.45) is 0. The average Bonchev–Trinajstić information content (AvgIpc) is 3.61. The van der Waals surface area contributed by atoms with E-state index in [1.807, 2.05) is 103 Å². The minimum Gasteiger partial charge on any atom is -0.308 e. The van der Waals surface area contributed by atoms with Gasteiger partial charge in [0, 0.05) is 49.7 Å². The van der Waals surface area contributed by atoms with Crippen molar-refractivity contribution >= 4 is 27.5 Å². The Morgan fingerprint density at radius 3 is 1.72 bits per heavy atom. The van der Waals surface area contributed by atoms with E-state index in [-0.39, 0.29) is 0 Å². The van der Waals surface area contributed by atoms with E-state index in [9.17, 15) is 15.8 Å². The van der Waals surface area contributed by atoms with Crippen LogP contribution in [0.2, 0.25) is 0 Å². The molecule has 0 amide bonds. The van der Waals surface area contributed by atoms with Crippen LogP contribution >= 0.6 is 0 Å². The summed E-state index contributed by atoms with van der Waals surface area (Å²) >= 11 is 0. The highest BCUT2D eigenvalue weighted by atomic mass is 15.0. The largest absolute Gasteiger partial charge is 0.308 e. The lowest BCUT2D eigenvalue weighted by atomic mass is 9.88. The predicted molar refractivity (Wildman–Crippen MR) is 229 cm³/mol. The molecule has 0 saturated carbocycles. The summed E-state index contributed by atoms with van der Waals surface area (Å²) in [6.45, 7) is 9.81. The van der Waals surface area contributed by atoms with Gasteiger partial charge in [0.1, 0.15) is 0 Å². The third kappa shape index (κ3) is 6.09. The van der Waals surface area contributed by atoms with Gasteiger partial charge in [-0.3, -0.25) is 0 Å². The van der Waals surface area contributed by atoms with E-state index in [1.54, 1.807) is 24.3 Å². The van der Waals surface area contributed by atoms with Crippen molar-refractivity contribution in [3.8, 4) is 80.1 Å². The van der Waals surface area contributed by atoms with Crippen LogP contribution in [0.25, 0.3) is 88.5 Å². The minimum absolute atomic E-state index is 0.313. The average molecular weight is 740 g/mol. The van der Waals surface area contributed by atoms with Crippen molar-refractivity contribution in [1.29, 1.82) is 15.8 Å². The second-order valence-corrected chi connectivity index (χ2v) is 13.9. The van der Waals surface area contributed by atoms with Crippen LogP contribution in [0.4, 0.5) is 5.69 Å². The molecule has 0 spiro atoms. The molecule has 0 aliphatic rings. The zero-order valence-corrected chi connectivity index (χ0v) is 31.1. The Kier molecular flexibility index (Phi) is 8.81. The number of hydrogen-bond acceptors (Lipinski definition) is 5. The van der Waals surface area contributed by atoms with Gasteiger partial charge in [-0.2, -0.15) is 15.8 Å². The number of nitriles is 3. The van der Waals surface area contributed by atoms with E-state index in [4.69, 9.17) is 16.5 Å². The summed E-state index contributed by atoms with van der Waals surface area (Å²) in [4.78, 5) is 14.0. The van der Waals surface area contributed by atoms with Crippen LogP contribution < -0.4 is 0 Å². The first kappa shape index (κ1) is 35.1. The number of aromatic nitrogens is 3. The molecule has 0 aliphatic heterocycles. The van der Waals surface area contributed by atoms with Gasteiger partial charge in [-0.1, -0.05) is 109 Å². The van der Waals surface area contributed by atoms with E-state index >= 15 is 0 Å². The van der Waals surface area contributed by atoms with Gasteiger partial charge < -0.3 is 4.57 Å². The summed E-state index contributed by atoms with van der Waals surface area (Å²) in [6, 6.07) is 57.6. The fraction of sp³-hybridized carbons (Fsp3) is 0.0196. The highest BCUT2D eigenvalue weighted by Crippen LogP contribution is 2.46. The highest BCUT2D eigenvalue weighted by molar-refractivity contribution is 6.11. The van der Waals surface area contributed by atoms with E-state index in [0.29, 0.717) is 56.0 Å². The van der Waals surface area contributed by atoms with E-state index in [0.717, 1.165) is 55.6 Å². The molecule has 9 rings (SSSR count). The molecule has 7 nitrogen and oxygen atoms in total. The fourth-order valence-electron chi connectivity index (χ4n) is 7.70. The molecule has 9 aromatic rings. The smallest absolute Gasteiger partial charge is 0.188 e. The monoisotopic (exact) mass is 739 g/mol. The van der Waals surface area contributed by atoms with Gasteiger partial charge in [-0.05, 0) is 67.1 Å². The number of fused-ring (bicyclic) bond motifs is 3. The molecule has 58 heavy (non-hydrogen) atoms. The number of para-hydroxylation sites is 1. The Morgan fingerprint density at radius 1 is 0.517 bits per heavy atom. The molecule has 0 bridgehead atoms. The van der Waals surface area contributed by atoms with Crippen molar-refractivity contribution in [3.63, 3.8) is 0 Å². The maximum Gasteiger partial charge on any atom is 0.188 e. The first-order valence-electron chi connectivity index (χ1n) is 18.5. The molecular formula is C51H29N7. The summed E-state index contributed by atoms with van der Waals surface area (Å²) in [5.41, 5.74) is 11.5. The Morgan fingerprint density at radius 2 is 1.10 bits per heavy atom. The summed E-state index contributed by atoms with van der Waals surface area (Å²) in [5.74, 6) is 0.440. The summed E-state index contributed by atoms with van der Waals surface area (Å²) in [5, 5.41) is 33.3. The molecule has 0 aliphatic carbocycles. The van der Waals surface area contributed by atoms with Crippen molar-refractivity contribution in [2.24, 2.45) is 0 Å². The van der Waals surface area contributed by atoms with Gasteiger partial charge in [-0.15, -0.1) is 0 Å². The Bertz CT molecular complexity index is 3120. The van der Waals surface area contributed by atoms with Gasteiger partial charge >= 0.3 is 0 Å². The number of benzene rings is 7. The quantitative estimate of drug-likeness (QED) is 0.158. The standard InChI is InChI=1S/C51H29N7/c1-32-17-22-49-43(23-32)42-15-9-10-16-48(42)58(49)50-44(40-20-18-33(29-52)24-37(40)30-53)26-36(27-45(50)41-21-19-39(55-2)25-38(41)31-54)51-56-46(34-11-5-3-6-12-34)28-47(57-51)35-13-7-4-8-14-35/h3-28H,1H3. The zero-order chi connectivity index (χ0) is 39.8. The van der Waals surface area contributed by atoms with Crippen molar-refractivity contribution < 1.29 is 0 Å². The third-order valence-corrected chi connectivity index (χ3v) is 10.4. The number of hydrogen-bond donors (Lipinski definition) is 0. The maximum atomic E-state index is 10.7. The van der Waals surface area contributed by atoms with E-state index < -0.39 is 0 Å². The summed E-state index contributed by atoms with van der Waals surface area (Å²) in [7, 11) is 0. The lowest BCUT2D eigenvalue weighted by Crippen LogP contribution is -2.04. The molecule has 2 heterocycles. The second kappa shape index (κ2) is 14.6. The minimum atomic E-state index is 0.313. The van der Waals surface area contributed by atoms with Gasteiger partial charge in [0.25, 0.3) is 0 Å². The van der Waals surface area contributed by atoms with Gasteiger partial charge in [0.05, 0.1) is 64.0 Å². The first-order valence-corrected chi connectivity index (χ1v) is 18.5. The number of nitrogens with zero attached hydrogens (tertiary/aromatic N) is 7.